The highest BCUT2D eigenvalue weighted by Crippen LogP contribution is 2.31. The van der Waals surface area contributed by atoms with E-state index in [1.54, 1.807) is 22.8 Å². The summed E-state index contributed by atoms with van der Waals surface area (Å²) in [4.78, 5) is 30.6. The number of benzene rings is 1. The molecule has 10 heteroatoms. The molecule has 2 amide bonds. The molecule has 0 saturated carbocycles. The van der Waals surface area contributed by atoms with Gasteiger partial charge < -0.3 is 20.6 Å². The number of phenolic OH excluding ortho intramolecular Hbond substituents is 1. The smallest absolute Gasteiger partial charge is 0.245 e. The first-order chi connectivity index (χ1) is 16.0. The lowest BCUT2D eigenvalue weighted by molar-refractivity contribution is -0.135. The highest BCUT2D eigenvalue weighted by atomic mass is 79.9. The zero-order valence-electron chi connectivity index (χ0n) is 18.0. The Morgan fingerprint density at radius 2 is 2.03 bits per heavy atom. The maximum atomic E-state index is 12.6. The number of fused-ring (bicyclic) bond motifs is 1. The van der Waals surface area contributed by atoms with Crippen molar-refractivity contribution >= 4 is 39.2 Å². The molecule has 2 saturated heterocycles. The molecule has 4 heterocycles. The van der Waals surface area contributed by atoms with Crippen molar-refractivity contribution in [2.75, 3.05) is 25.0 Å². The summed E-state index contributed by atoms with van der Waals surface area (Å²) in [7, 11) is 0. The molecule has 2 fully saturated rings. The van der Waals surface area contributed by atoms with Crippen LogP contribution in [0.3, 0.4) is 0 Å². The molecule has 33 heavy (non-hydrogen) atoms. The number of carbonyl (C=O) groups is 2. The summed E-state index contributed by atoms with van der Waals surface area (Å²) in [6.07, 6.45) is 4.51. The van der Waals surface area contributed by atoms with Crippen LogP contribution in [0.25, 0.3) is 16.9 Å². The maximum absolute atomic E-state index is 12.6. The normalized spacial score (nSPS) is 19.1. The molecule has 0 radical (unpaired) electrons. The van der Waals surface area contributed by atoms with Crippen LogP contribution in [0, 0.1) is 5.92 Å². The van der Waals surface area contributed by atoms with Gasteiger partial charge in [0.05, 0.1) is 16.4 Å². The average molecular weight is 513 g/mol. The third-order valence-corrected chi connectivity index (χ3v) is 6.96. The summed E-state index contributed by atoms with van der Waals surface area (Å²) >= 11 is 3.51. The van der Waals surface area contributed by atoms with Crippen molar-refractivity contribution in [2.24, 2.45) is 5.92 Å². The van der Waals surface area contributed by atoms with E-state index in [4.69, 9.17) is 0 Å². The molecule has 1 atom stereocenters. The van der Waals surface area contributed by atoms with Crippen LogP contribution in [0.15, 0.2) is 41.0 Å². The fraction of sp³-hybridized carbons (Fsp3) is 0.391. The van der Waals surface area contributed by atoms with Gasteiger partial charge in [-0.15, -0.1) is 0 Å². The number of halogens is 1. The number of aromatic nitrogens is 3. The van der Waals surface area contributed by atoms with Gasteiger partial charge in [0.2, 0.25) is 11.8 Å². The number of carbonyl (C=O) groups excluding carboxylic acids is 2. The van der Waals surface area contributed by atoms with E-state index >= 15 is 0 Å². The molecular formula is C23H25BrN6O3. The molecule has 2 aliphatic rings. The fourth-order valence-corrected chi connectivity index (χ4v) is 4.86. The number of likely N-dealkylation sites (tertiary alicyclic amines) is 1. The molecular weight excluding hydrogens is 488 g/mol. The first-order valence-corrected chi connectivity index (χ1v) is 11.9. The van der Waals surface area contributed by atoms with Crippen LogP contribution in [-0.4, -0.2) is 62.1 Å². The minimum Gasteiger partial charge on any atom is -0.507 e. The van der Waals surface area contributed by atoms with Gasteiger partial charge in [-0.05, 0) is 53.2 Å². The summed E-state index contributed by atoms with van der Waals surface area (Å²) in [5.41, 5.74) is 1.97. The lowest BCUT2D eigenvalue weighted by atomic mass is 9.96. The topological polar surface area (TPSA) is 112 Å². The van der Waals surface area contributed by atoms with Crippen LogP contribution in [-0.2, 0) is 9.59 Å². The predicted octanol–water partition coefficient (Wildman–Crippen LogP) is 2.79. The quantitative estimate of drug-likeness (QED) is 0.484. The largest absolute Gasteiger partial charge is 0.507 e. The number of hydrogen-bond donors (Lipinski definition) is 3. The summed E-state index contributed by atoms with van der Waals surface area (Å²) in [5, 5.41) is 21.0. The van der Waals surface area contributed by atoms with Crippen LogP contribution < -0.4 is 10.6 Å². The van der Waals surface area contributed by atoms with Crippen molar-refractivity contribution in [3.05, 3.63) is 41.0 Å². The molecule has 172 valence electrons. The van der Waals surface area contributed by atoms with Crippen molar-refractivity contribution in [3.8, 4) is 17.0 Å². The van der Waals surface area contributed by atoms with Gasteiger partial charge >= 0.3 is 0 Å². The number of piperidine rings is 1. The van der Waals surface area contributed by atoms with E-state index < -0.39 is 0 Å². The second kappa shape index (κ2) is 9.01. The molecule has 0 aliphatic carbocycles. The molecule has 5 rings (SSSR count). The molecule has 2 aromatic heterocycles. The molecule has 9 nitrogen and oxygen atoms in total. The number of hydrogen-bond acceptors (Lipinski definition) is 6. The summed E-state index contributed by atoms with van der Waals surface area (Å²) in [6.45, 7) is 2.12. The van der Waals surface area contributed by atoms with E-state index in [0.29, 0.717) is 48.8 Å². The predicted molar refractivity (Wildman–Crippen MR) is 127 cm³/mol. The third kappa shape index (κ3) is 4.39. The zero-order chi connectivity index (χ0) is 22.9. The zero-order valence-corrected chi connectivity index (χ0v) is 19.6. The summed E-state index contributed by atoms with van der Waals surface area (Å²) in [6, 6.07) is 8.66. The van der Waals surface area contributed by atoms with Crippen LogP contribution in [0.5, 0.6) is 5.75 Å². The van der Waals surface area contributed by atoms with Crippen LogP contribution in [0.1, 0.15) is 25.7 Å². The Balaban J connectivity index is 1.27. The fourth-order valence-electron chi connectivity index (χ4n) is 4.52. The second-order valence-electron chi connectivity index (χ2n) is 8.58. The Morgan fingerprint density at radius 3 is 2.76 bits per heavy atom. The number of rotatable bonds is 5. The number of para-hydroxylation sites is 1. The Bertz CT molecular complexity index is 1200. The Kier molecular flexibility index (Phi) is 5.92. The van der Waals surface area contributed by atoms with Crippen LogP contribution in [0.4, 0.5) is 5.82 Å². The SMILES string of the molecule is O=C1CCC(C(=O)N2CCC(CNc3cc(-c4ccccc4O)nc4c(Br)cnn34)CC2)N1. The van der Waals surface area contributed by atoms with E-state index in [1.165, 1.54) is 0 Å². The molecule has 0 spiro atoms. The van der Waals surface area contributed by atoms with Gasteiger partial charge in [-0.1, -0.05) is 12.1 Å². The second-order valence-corrected chi connectivity index (χ2v) is 9.43. The van der Waals surface area contributed by atoms with E-state index in [-0.39, 0.29) is 23.6 Å². The van der Waals surface area contributed by atoms with Gasteiger partial charge in [-0.2, -0.15) is 9.61 Å². The molecule has 3 aromatic rings. The van der Waals surface area contributed by atoms with Gasteiger partial charge in [0.15, 0.2) is 5.65 Å². The number of nitrogens with one attached hydrogen (secondary N) is 2. The monoisotopic (exact) mass is 512 g/mol. The first kappa shape index (κ1) is 21.7. The minimum absolute atomic E-state index is 0.0375. The van der Waals surface area contributed by atoms with Gasteiger partial charge in [-0.3, -0.25) is 9.59 Å². The number of amides is 2. The first-order valence-electron chi connectivity index (χ1n) is 11.1. The standard InChI is InChI=1S/C23H25BrN6O3/c24-16-13-26-30-20(11-18(28-22(16)30)15-3-1-2-4-19(15)31)25-12-14-7-9-29(10-8-14)23(33)17-5-6-21(32)27-17/h1-4,11,13-14,17,25,31H,5-10,12H2,(H,27,32). The van der Waals surface area contributed by atoms with Crippen molar-refractivity contribution in [1.82, 2.24) is 24.8 Å². The number of nitrogens with zero attached hydrogens (tertiary/aromatic N) is 4. The van der Waals surface area contributed by atoms with Gasteiger partial charge in [0.25, 0.3) is 0 Å². The van der Waals surface area contributed by atoms with Crippen molar-refractivity contribution < 1.29 is 14.7 Å². The number of aromatic hydroxyl groups is 1. The lowest BCUT2D eigenvalue weighted by Crippen LogP contribution is -2.48. The van der Waals surface area contributed by atoms with Gasteiger partial charge in [-0.25, -0.2) is 4.98 Å². The maximum Gasteiger partial charge on any atom is 0.245 e. The molecule has 1 unspecified atom stereocenters. The Hall–Kier alpha value is -3.14. The van der Waals surface area contributed by atoms with E-state index in [1.807, 2.05) is 23.1 Å². The highest BCUT2D eigenvalue weighted by molar-refractivity contribution is 9.10. The van der Waals surface area contributed by atoms with Crippen molar-refractivity contribution in [1.29, 1.82) is 0 Å². The summed E-state index contributed by atoms with van der Waals surface area (Å²) < 4.78 is 2.52. The molecule has 0 bridgehead atoms. The Labute approximate surface area is 199 Å². The third-order valence-electron chi connectivity index (χ3n) is 6.40. The highest BCUT2D eigenvalue weighted by Gasteiger charge is 2.32. The van der Waals surface area contributed by atoms with Crippen molar-refractivity contribution in [3.63, 3.8) is 0 Å². The van der Waals surface area contributed by atoms with Crippen LogP contribution in [0.2, 0.25) is 0 Å². The van der Waals surface area contributed by atoms with E-state index in [9.17, 15) is 14.7 Å². The Morgan fingerprint density at radius 1 is 1.24 bits per heavy atom. The number of phenols is 1. The van der Waals surface area contributed by atoms with E-state index in [2.05, 4.69) is 36.6 Å². The lowest BCUT2D eigenvalue weighted by Gasteiger charge is -2.33. The number of anilines is 1. The molecule has 2 aliphatic heterocycles. The average Bonchev–Trinajstić information content (AvgIpc) is 3.43. The molecule has 3 N–H and O–H groups in total. The van der Waals surface area contributed by atoms with Gasteiger partial charge in [0.1, 0.15) is 17.6 Å². The van der Waals surface area contributed by atoms with Crippen LogP contribution >= 0.6 is 15.9 Å². The summed E-state index contributed by atoms with van der Waals surface area (Å²) in [5.74, 6) is 1.37. The minimum atomic E-state index is -0.358. The van der Waals surface area contributed by atoms with Crippen molar-refractivity contribution in [2.45, 2.75) is 31.7 Å². The van der Waals surface area contributed by atoms with E-state index in [0.717, 1.165) is 29.7 Å². The molecule has 1 aromatic carbocycles. The van der Waals surface area contributed by atoms with Gasteiger partial charge in [0, 0.05) is 37.7 Å².